The fourth-order valence-corrected chi connectivity index (χ4v) is 3.83. The lowest BCUT2D eigenvalue weighted by Gasteiger charge is -2.20. The number of hydrogen-bond acceptors (Lipinski definition) is 2. The van der Waals surface area contributed by atoms with Gasteiger partial charge in [0, 0.05) is 13.1 Å². The number of aryl methyl sites for hydroxylation is 1. The van der Waals surface area contributed by atoms with Gasteiger partial charge in [-0.05, 0) is 80.5 Å². The van der Waals surface area contributed by atoms with Crippen LogP contribution in [0.1, 0.15) is 53.6 Å². The predicted molar refractivity (Wildman–Crippen MR) is 111 cm³/mol. The maximum atomic E-state index is 11.7. The Bertz CT molecular complexity index is 838. The Hall–Kier alpha value is -2.39. The number of carbonyl (C=O) groups is 1. The number of hydrogen-bond donors (Lipinski definition) is 1. The molecule has 0 saturated carbocycles. The highest BCUT2D eigenvalue weighted by molar-refractivity contribution is 5.96. The number of nitrogens with zero attached hydrogens (tertiary/aromatic N) is 1. The van der Waals surface area contributed by atoms with Crippen molar-refractivity contribution in [3.05, 3.63) is 70.8 Å². The van der Waals surface area contributed by atoms with Crippen LogP contribution in [0.25, 0.3) is 11.1 Å². The van der Waals surface area contributed by atoms with Crippen LogP contribution in [-0.2, 0) is 6.54 Å². The molecule has 0 spiro atoms. The van der Waals surface area contributed by atoms with Gasteiger partial charge < -0.3 is 10.0 Å². The van der Waals surface area contributed by atoms with Gasteiger partial charge in [-0.1, -0.05) is 42.0 Å². The van der Waals surface area contributed by atoms with Gasteiger partial charge >= 0.3 is 5.97 Å². The van der Waals surface area contributed by atoms with Crippen LogP contribution in [0.3, 0.4) is 0 Å². The van der Waals surface area contributed by atoms with Gasteiger partial charge in [-0.2, -0.15) is 0 Å². The van der Waals surface area contributed by atoms with E-state index in [2.05, 4.69) is 18.0 Å². The summed E-state index contributed by atoms with van der Waals surface area (Å²) in [5.74, 6) is -0.877. The number of benzene rings is 2. The van der Waals surface area contributed by atoms with Crippen LogP contribution in [0.15, 0.2) is 54.1 Å². The standard InChI is InChI=1S/C24H29NO2/c1-18-8-6-7-11-21(18)23-16-20(12-13-22(23)24(26)27)17-25(2)15-14-19-9-4-3-5-10-19/h6-9,11-13,16H,3-5,10,14-15,17H2,1-2H3,(H,26,27). The van der Waals surface area contributed by atoms with Gasteiger partial charge in [0.05, 0.1) is 5.56 Å². The Labute approximate surface area is 162 Å². The fraction of sp³-hybridized carbons (Fsp3) is 0.375. The van der Waals surface area contributed by atoms with Crippen molar-refractivity contribution in [3.63, 3.8) is 0 Å². The van der Waals surface area contributed by atoms with Crippen molar-refractivity contribution in [2.45, 2.75) is 45.6 Å². The molecule has 0 bridgehead atoms. The normalized spacial score (nSPS) is 14.3. The molecule has 1 aliphatic rings. The minimum absolute atomic E-state index is 0.364. The van der Waals surface area contributed by atoms with Crippen LogP contribution < -0.4 is 0 Å². The molecule has 0 fully saturated rings. The van der Waals surface area contributed by atoms with Crippen LogP contribution in [-0.4, -0.2) is 29.6 Å². The minimum Gasteiger partial charge on any atom is -0.478 e. The molecular weight excluding hydrogens is 334 g/mol. The number of carboxylic acids is 1. The van der Waals surface area contributed by atoms with Gasteiger partial charge in [-0.3, -0.25) is 0 Å². The Morgan fingerprint density at radius 3 is 2.63 bits per heavy atom. The first-order valence-electron chi connectivity index (χ1n) is 9.83. The maximum absolute atomic E-state index is 11.7. The molecule has 0 saturated heterocycles. The first kappa shape index (κ1) is 19.4. The Kier molecular flexibility index (Phi) is 6.46. The van der Waals surface area contributed by atoms with Crippen LogP contribution in [0, 0.1) is 6.92 Å². The average Bonchev–Trinajstić information content (AvgIpc) is 2.67. The highest BCUT2D eigenvalue weighted by Gasteiger charge is 2.15. The quantitative estimate of drug-likeness (QED) is 0.643. The molecule has 142 valence electrons. The molecule has 2 aromatic rings. The molecular formula is C24H29NO2. The van der Waals surface area contributed by atoms with Crippen molar-refractivity contribution in [1.29, 1.82) is 0 Å². The number of carboxylic acid groups (broad SMARTS) is 1. The van der Waals surface area contributed by atoms with Crippen molar-refractivity contribution in [2.75, 3.05) is 13.6 Å². The second kappa shape index (κ2) is 9.01. The first-order chi connectivity index (χ1) is 13.0. The van der Waals surface area contributed by atoms with Gasteiger partial charge in [0.15, 0.2) is 0 Å². The van der Waals surface area contributed by atoms with E-state index in [4.69, 9.17) is 0 Å². The molecule has 3 heteroatoms. The first-order valence-corrected chi connectivity index (χ1v) is 9.83. The zero-order chi connectivity index (χ0) is 19.2. The number of aromatic carboxylic acids is 1. The van der Waals surface area contributed by atoms with Crippen molar-refractivity contribution < 1.29 is 9.90 Å². The molecule has 1 aliphatic carbocycles. The molecule has 0 radical (unpaired) electrons. The Morgan fingerprint density at radius 1 is 1.11 bits per heavy atom. The molecule has 0 aromatic heterocycles. The van der Waals surface area contributed by atoms with E-state index in [-0.39, 0.29) is 0 Å². The van der Waals surface area contributed by atoms with Gasteiger partial charge in [0.25, 0.3) is 0 Å². The third-order valence-corrected chi connectivity index (χ3v) is 5.40. The van der Waals surface area contributed by atoms with E-state index in [0.717, 1.165) is 41.8 Å². The zero-order valence-corrected chi connectivity index (χ0v) is 16.4. The average molecular weight is 364 g/mol. The third-order valence-electron chi connectivity index (χ3n) is 5.40. The van der Waals surface area contributed by atoms with E-state index in [0.29, 0.717) is 5.56 Å². The van der Waals surface area contributed by atoms with E-state index >= 15 is 0 Å². The smallest absolute Gasteiger partial charge is 0.336 e. The lowest BCUT2D eigenvalue weighted by molar-refractivity contribution is 0.0697. The number of allylic oxidation sites excluding steroid dienone is 1. The monoisotopic (exact) mass is 363 g/mol. The summed E-state index contributed by atoms with van der Waals surface area (Å²) >= 11 is 0. The van der Waals surface area contributed by atoms with Crippen molar-refractivity contribution in [1.82, 2.24) is 4.90 Å². The van der Waals surface area contributed by atoms with Crippen LogP contribution in [0.4, 0.5) is 0 Å². The molecule has 27 heavy (non-hydrogen) atoms. The molecule has 3 nitrogen and oxygen atoms in total. The van der Waals surface area contributed by atoms with Crippen molar-refractivity contribution >= 4 is 5.97 Å². The summed E-state index contributed by atoms with van der Waals surface area (Å²) in [5, 5.41) is 9.60. The largest absolute Gasteiger partial charge is 0.478 e. The van der Waals surface area contributed by atoms with Gasteiger partial charge in [-0.25, -0.2) is 4.79 Å². The minimum atomic E-state index is -0.877. The fourth-order valence-electron chi connectivity index (χ4n) is 3.83. The van der Waals surface area contributed by atoms with E-state index in [1.54, 1.807) is 11.6 Å². The van der Waals surface area contributed by atoms with Gasteiger partial charge in [0.2, 0.25) is 0 Å². The third kappa shape index (κ3) is 5.08. The predicted octanol–water partition coefficient (Wildman–Crippen LogP) is 5.68. The summed E-state index contributed by atoms with van der Waals surface area (Å²) in [6.45, 7) is 3.88. The lowest BCUT2D eigenvalue weighted by Crippen LogP contribution is -2.20. The SMILES string of the molecule is Cc1ccccc1-c1cc(CN(C)CCC2=CCCCC2)ccc1C(=O)O. The molecule has 0 unspecified atom stereocenters. The Balaban J connectivity index is 1.76. The van der Waals surface area contributed by atoms with E-state index in [9.17, 15) is 9.90 Å². The molecule has 0 amide bonds. The highest BCUT2D eigenvalue weighted by atomic mass is 16.4. The summed E-state index contributed by atoms with van der Waals surface area (Å²) in [5.41, 5.74) is 6.00. The highest BCUT2D eigenvalue weighted by Crippen LogP contribution is 2.28. The second-order valence-electron chi connectivity index (χ2n) is 7.60. The molecule has 3 rings (SSSR count). The van der Waals surface area contributed by atoms with Crippen molar-refractivity contribution in [2.24, 2.45) is 0 Å². The lowest BCUT2D eigenvalue weighted by atomic mass is 9.94. The van der Waals surface area contributed by atoms with Crippen LogP contribution >= 0.6 is 0 Å². The molecule has 0 atom stereocenters. The van der Waals surface area contributed by atoms with Crippen molar-refractivity contribution in [3.8, 4) is 11.1 Å². The zero-order valence-electron chi connectivity index (χ0n) is 16.4. The van der Waals surface area contributed by atoms with E-state index in [1.165, 1.54) is 25.7 Å². The summed E-state index contributed by atoms with van der Waals surface area (Å²) in [6.07, 6.45) is 8.68. The maximum Gasteiger partial charge on any atom is 0.336 e. The van der Waals surface area contributed by atoms with E-state index < -0.39 is 5.97 Å². The Morgan fingerprint density at radius 2 is 1.93 bits per heavy atom. The summed E-state index contributed by atoms with van der Waals surface area (Å²) in [4.78, 5) is 14.0. The summed E-state index contributed by atoms with van der Waals surface area (Å²) in [6, 6.07) is 13.7. The van der Waals surface area contributed by atoms with Gasteiger partial charge in [-0.15, -0.1) is 0 Å². The molecule has 1 N–H and O–H groups in total. The molecule has 0 heterocycles. The van der Waals surface area contributed by atoms with E-state index in [1.807, 2.05) is 43.3 Å². The molecule has 0 aliphatic heterocycles. The van der Waals surface area contributed by atoms with Crippen LogP contribution in [0.5, 0.6) is 0 Å². The topological polar surface area (TPSA) is 40.5 Å². The summed E-state index contributed by atoms with van der Waals surface area (Å²) in [7, 11) is 2.14. The second-order valence-corrected chi connectivity index (χ2v) is 7.60. The van der Waals surface area contributed by atoms with Crippen LogP contribution in [0.2, 0.25) is 0 Å². The summed E-state index contributed by atoms with van der Waals surface area (Å²) < 4.78 is 0. The number of rotatable bonds is 7. The molecule has 2 aromatic carbocycles. The van der Waals surface area contributed by atoms with Gasteiger partial charge in [0.1, 0.15) is 0 Å².